The van der Waals surface area contributed by atoms with Crippen LogP contribution in [0.4, 0.5) is 0 Å². The Morgan fingerprint density at radius 2 is 1.83 bits per heavy atom. The molecular formula is C17H21N3O3S. The molecule has 2 heterocycles. The van der Waals surface area contributed by atoms with Gasteiger partial charge in [0, 0.05) is 38.6 Å². The number of carbonyl (C=O) groups is 1. The van der Waals surface area contributed by atoms with Crippen molar-refractivity contribution in [3.63, 3.8) is 0 Å². The fourth-order valence-corrected chi connectivity index (χ4v) is 3.31. The van der Waals surface area contributed by atoms with Crippen LogP contribution in [0, 0.1) is 5.92 Å². The lowest BCUT2D eigenvalue weighted by atomic mass is 10.2. The fourth-order valence-electron chi connectivity index (χ4n) is 3.06. The summed E-state index contributed by atoms with van der Waals surface area (Å²) in [4.78, 5) is 16.2. The van der Waals surface area contributed by atoms with Crippen LogP contribution in [0.5, 0.6) is 11.5 Å². The van der Waals surface area contributed by atoms with Gasteiger partial charge in [0.2, 0.25) is 12.7 Å². The van der Waals surface area contributed by atoms with E-state index >= 15 is 0 Å². The van der Waals surface area contributed by atoms with Gasteiger partial charge in [-0.15, -0.1) is 0 Å². The van der Waals surface area contributed by atoms with E-state index < -0.39 is 0 Å². The highest BCUT2D eigenvalue weighted by Crippen LogP contribution is 2.32. The maximum atomic E-state index is 12.1. The van der Waals surface area contributed by atoms with E-state index in [1.165, 1.54) is 0 Å². The Kier molecular flexibility index (Phi) is 4.18. The standard InChI is InChI=1S/C17H21N3O3S/c21-16(13-2-3-13)19-5-7-20(8-6-19)17(24)18-10-12-1-4-14-15(9-12)23-11-22-14/h1,4,9,13H,2-3,5-8,10-11H2,(H,18,24). The molecule has 24 heavy (non-hydrogen) atoms. The number of thiocarbonyl (C=S) groups is 1. The first-order valence-corrected chi connectivity index (χ1v) is 8.81. The quantitative estimate of drug-likeness (QED) is 0.833. The number of amides is 1. The summed E-state index contributed by atoms with van der Waals surface area (Å²) in [6, 6.07) is 5.91. The average molecular weight is 347 g/mol. The summed E-state index contributed by atoms with van der Waals surface area (Å²) in [7, 11) is 0. The normalized spacial score (nSPS) is 19.3. The van der Waals surface area contributed by atoms with Gasteiger partial charge in [-0.3, -0.25) is 4.79 Å². The van der Waals surface area contributed by atoms with Crippen LogP contribution in [-0.2, 0) is 11.3 Å². The molecule has 4 rings (SSSR count). The molecule has 1 saturated carbocycles. The zero-order valence-corrected chi connectivity index (χ0v) is 14.3. The molecule has 1 amide bonds. The van der Waals surface area contributed by atoms with Crippen molar-refractivity contribution in [1.29, 1.82) is 0 Å². The van der Waals surface area contributed by atoms with Gasteiger partial charge >= 0.3 is 0 Å². The van der Waals surface area contributed by atoms with E-state index in [-0.39, 0.29) is 6.79 Å². The molecule has 0 bridgehead atoms. The molecule has 1 N–H and O–H groups in total. The lowest BCUT2D eigenvalue weighted by Gasteiger charge is -2.36. The van der Waals surface area contributed by atoms with Crippen LogP contribution in [0.2, 0.25) is 0 Å². The van der Waals surface area contributed by atoms with Crippen LogP contribution >= 0.6 is 12.2 Å². The summed E-state index contributed by atoms with van der Waals surface area (Å²) in [5, 5.41) is 4.04. The largest absolute Gasteiger partial charge is 0.454 e. The van der Waals surface area contributed by atoms with Crippen molar-refractivity contribution in [2.24, 2.45) is 5.92 Å². The third-order valence-corrected chi connectivity index (χ3v) is 5.09. The highest BCUT2D eigenvalue weighted by atomic mass is 32.1. The van der Waals surface area contributed by atoms with Gasteiger partial charge in [0.05, 0.1) is 0 Å². The van der Waals surface area contributed by atoms with Crippen molar-refractivity contribution in [3.05, 3.63) is 23.8 Å². The lowest BCUT2D eigenvalue weighted by molar-refractivity contribution is -0.133. The number of carbonyl (C=O) groups excluding carboxylic acids is 1. The molecule has 0 aromatic heterocycles. The maximum Gasteiger partial charge on any atom is 0.231 e. The summed E-state index contributed by atoms with van der Waals surface area (Å²) in [6.45, 7) is 4.06. The van der Waals surface area contributed by atoms with Crippen molar-refractivity contribution >= 4 is 23.2 Å². The van der Waals surface area contributed by atoms with Gasteiger partial charge in [0.25, 0.3) is 0 Å². The monoisotopic (exact) mass is 347 g/mol. The number of nitrogens with one attached hydrogen (secondary N) is 1. The molecule has 3 aliphatic rings. The smallest absolute Gasteiger partial charge is 0.231 e. The minimum Gasteiger partial charge on any atom is -0.454 e. The van der Waals surface area contributed by atoms with Crippen LogP contribution < -0.4 is 14.8 Å². The number of hydrogen-bond acceptors (Lipinski definition) is 4. The predicted molar refractivity (Wildman–Crippen MR) is 92.9 cm³/mol. The number of nitrogens with zero attached hydrogens (tertiary/aromatic N) is 2. The van der Waals surface area contributed by atoms with Crippen molar-refractivity contribution in [2.75, 3.05) is 33.0 Å². The summed E-state index contributed by atoms with van der Waals surface area (Å²) >= 11 is 5.50. The third-order valence-electron chi connectivity index (χ3n) is 4.69. The van der Waals surface area contributed by atoms with E-state index in [0.29, 0.717) is 18.4 Å². The molecule has 128 valence electrons. The van der Waals surface area contributed by atoms with Crippen LogP contribution in [0.1, 0.15) is 18.4 Å². The van der Waals surface area contributed by atoms with Gasteiger partial charge in [-0.1, -0.05) is 6.07 Å². The van der Waals surface area contributed by atoms with Gasteiger partial charge in [-0.25, -0.2) is 0 Å². The van der Waals surface area contributed by atoms with Gasteiger partial charge in [0.15, 0.2) is 16.6 Å². The number of rotatable bonds is 3. The molecule has 2 fully saturated rings. The number of fused-ring (bicyclic) bond motifs is 1. The zero-order valence-electron chi connectivity index (χ0n) is 13.5. The summed E-state index contributed by atoms with van der Waals surface area (Å²) in [6.07, 6.45) is 2.13. The molecule has 2 aliphatic heterocycles. The first-order chi connectivity index (χ1) is 11.7. The van der Waals surface area contributed by atoms with Crippen molar-refractivity contribution < 1.29 is 14.3 Å². The lowest BCUT2D eigenvalue weighted by Crippen LogP contribution is -2.53. The second-order valence-corrected chi connectivity index (χ2v) is 6.82. The molecule has 0 unspecified atom stereocenters. The number of hydrogen-bond donors (Lipinski definition) is 1. The average Bonchev–Trinajstić information content (AvgIpc) is 3.37. The molecule has 0 atom stereocenters. The SMILES string of the molecule is O=C(C1CC1)N1CCN(C(=S)NCc2ccc3c(c2)OCO3)CC1. The first kappa shape index (κ1) is 15.5. The topological polar surface area (TPSA) is 54.0 Å². The van der Waals surface area contributed by atoms with Gasteiger partial charge in [0.1, 0.15) is 0 Å². The number of piperazine rings is 1. The molecule has 0 spiro atoms. The Labute approximate surface area is 146 Å². The predicted octanol–water partition coefficient (Wildman–Crippen LogP) is 1.34. The van der Waals surface area contributed by atoms with Crippen LogP contribution in [0.3, 0.4) is 0 Å². The first-order valence-electron chi connectivity index (χ1n) is 8.41. The minimum atomic E-state index is 0.286. The highest BCUT2D eigenvalue weighted by molar-refractivity contribution is 7.80. The fraction of sp³-hybridized carbons (Fsp3) is 0.529. The summed E-state index contributed by atoms with van der Waals surface area (Å²) in [5.41, 5.74) is 1.10. The number of ether oxygens (including phenoxy) is 2. The molecule has 7 heteroatoms. The molecule has 1 aliphatic carbocycles. The maximum absolute atomic E-state index is 12.1. The minimum absolute atomic E-state index is 0.286. The van der Waals surface area contributed by atoms with E-state index in [1.807, 2.05) is 23.1 Å². The summed E-state index contributed by atoms with van der Waals surface area (Å²) < 4.78 is 10.7. The Hall–Kier alpha value is -2.02. The third kappa shape index (κ3) is 3.26. The molecule has 0 radical (unpaired) electrons. The highest BCUT2D eigenvalue weighted by Gasteiger charge is 2.34. The zero-order chi connectivity index (χ0) is 16.5. The second kappa shape index (κ2) is 6.47. The van der Waals surface area contributed by atoms with E-state index in [9.17, 15) is 4.79 Å². The number of benzene rings is 1. The second-order valence-electron chi connectivity index (χ2n) is 6.43. The molecule has 1 aromatic rings. The Morgan fingerprint density at radius 3 is 2.58 bits per heavy atom. The Bertz CT molecular complexity index is 654. The van der Waals surface area contributed by atoms with E-state index in [0.717, 1.165) is 61.2 Å². The van der Waals surface area contributed by atoms with Crippen molar-refractivity contribution in [1.82, 2.24) is 15.1 Å². The molecule has 1 aromatic carbocycles. The van der Waals surface area contributed by atoms with Crippen LogP contribution in [0.25, 0.3) is 0 Å². The Morgan fingerprint density at radius 1 is 1.12 bits per heavy atom. The van der Waals surface area contributed by atoms with Gasteiger partial charge in [-0.05, 0) is 42.8 Å². The van der Waals surface area contributed by atoms with Gasteiger partial charge in [-0.2, -0.15) is 0 Å². The summed E-state index contributed by atoms with van der Waals surface area (Å²) in [5.74, 6) is 2.20. The molecule has 6 nitrogen and oxygen atoms in total. The Balaban J connectivity index is 1.25. The molecule has 1 saturated heterocycles. The van der Waals surface area contributed by atoms with E-state index in [2.05, 4.69) is 10.2 Å². The van der Waals surface area contributed by atoms with Crippen LogP contribution in [-0.4, -0.2) is 53.8 Å². The van der Waals surface area contributed by atoms with Crippen LogP contribution in [0.15, 0.2) is 18.2 Å². The van der Waals surface area contributed by atoms with Crippen molar-refractivity contribution in [3.8, 4) is 11.5 Å². The van der Waals surface area contributed by atoms with E-state index in [4.69, 9.17) is 21.7 Å². The van der Waals surface area contributed by atoms with Gasteiger partial charge < -0.3 is 24.6 Å². The van der Waals surface area contributed by atoms with Crippen molar-refractivity contribution in [2.45, 2.75) is 19.4 Å². The van der Waals surface area contributed by atoms with E-state index in [1.54, 1.807) is 0 Å². The molecular weight excluding hydrogens is 326 g/mol.